The molecule has 0 amide bonds. The van der Waals surface area contributed by atoms with E-state index in [9.17, 15) is 0 Å². The largest absolute Gasteiger partial charge is 0.493 e. The predicted octanol–water partition coefficient (Wildman–Crippen LogP) is 2.13. The standard InChI is InChI=1S/C13H21NO2/c1-11-5-6-13(12(9-11)10-14-2)16-8-4-7-15-3/h5-6,9,14H,4,7-8,10H2,1-3H3. The van der Waals surface area contributed by atoms with Crippen LogP contribution in [0.25, 0.3) is 0 Å². The summed E-state index contributed by atoms with van der Waals surface area (Å²) in [5, 5.41) is 3.15. The predicted molar refractivity (Wildman–Crippen MR) is 65.9 cm³/mol. The molecule has 16 heavy (non-hydrogen) atoms. The van der Waals surface area contributed by atoms with Gasteiger partial charge in [0.1, 0.15) is 5.75 Å². The summed E-state index contributed by atoms with van der Waals surface area (Å²) in [6, 6.07) is 6.27. The number of ether oxygens (including phenoxy) is 2. The van der Waals surface area contributed by atoms with Crippen molar-refractivity contribution >= 4 is 0 Å². The van der Waals surface area contributed by atoms with Crippen LogP contribution in [0.3, 0.4) is 0 Å². The Morgan fingerprint density at radius 1 is 1.25 bits per heavy atom. The molecular weight excluding hydrogens is 202 g/mol. The lowest BCUT2D eigenvalue weighted by Gasteiger charge is -2.12. The number of hydrogen-bond donors (Lipinski definition) is 1. The molecule has 0 bridgehead atoms. The molecule has 0 radical (unpaired) electrons. The Morgan fingerprint density at radius 2 is 2.06 bits per heavy atom. The Kier molecular flexibility index (Phi) is 5.90. The van der Waals surface area contributed by atoms with Gasteiger partial charge in [0.15, 0.2) is 0 Å². The molecule has 0 saturated carbocycles. The molecule has 1 aromatic carbocycles. The summed E-state index contributed by atoms with van der Waals surface area (Å²) in [7, 11) is 3.65. The van der Waals surface area contributed by atoms with E-state index in [1.165, 1.54) is 11.1 Å². The number of methoxy groups -OCH3 is 1. The van der Waals surface area contributed by atoms with E-state index in [0.29, 0.717) is 6.61 Å². The second-order valence-corrected chi connectivity index (χ2v) is 3.84. The summed E-state index contributed by atoms with van der Waals surface area (Å²) in [6.45, 7) is 4.37. The highest BCUT2D eigenvalue weighted by Gasteiger charge is 2.02. The van der Waals surface area contributed by atoms with Crippen LogP contribution < -0.4 is 10.1 Å². The van der Waals surface area contributed by atoms with Gasteiger partial charge in [-0.2, -0.15) is 0 Å². The lowest BCUT2D eigenvalue weighted by atomic mass is 10.1. The fourth-order valence-electron chi connectivity index (χ4n) is 1.56. The van der Waals surface area contributed by atoms with Gasteiger partial charge in [-0.3, -0.25) is 0 Å². The quantitative estimate of drug-likeness (QED) is 0.718. The number of rotatable bonds is 7. The van der Waals surface area contributed by atoms with Gasteiger partial charge in [-0.05, 0) is 20.0 Å². The minimum atomic E-state index is 0.702. The zero-order valence-corrected chi connectivity index (χ0v) is 10.4. The molecule has 1 rings (SSSR count). The Balaban J connectivity index is 2.56. The third-order valence-electron chi connectivity index (χ3n) is 2.33. The van der Waals surface area contributed by atoms with Crippen LogP contribution in [-0.2, 0) is 11.3 Å². The van der Waals surface area contributed by atoms with Gasteiger partial charge in [-0.1, -0.05) is 17.7 Å². The molecule has 0 aliphatic carbocycles. The zero-order chi connectivity index (χ0) is 11.8. The number of benzene rings is 1. The second kappa shape index (κ2) is 7.25. The first-order valence-electron chi connectivity index (χ1n) is 5.63. The van der Waals surface area contributed by atoms with Crippen LogP contribution in [0.15, 0.2) is 18.2 Å². The van der Waals surface area contributed by atoms with Crippen LogP contribution in [0.1, 0.15) is 17.5 Å². The van der Waals surface area contributed by atoms with E-state index in [-0.39, 0.29) is 0 Å². The summed E-state index contributed by atoms with van der Waals surface area (Å²) in [6.07, 6.45) is 0.920. The minimum Gasteiger partial charge on any atom is -0.493 e. The molecule has 0 aromatic heterocycles. The average Bonchev–Trinajstić information content (AvgIpc) is 2.27. The van der Waals surface area contributed by atoms with E-state index < -0.39 is 0 Å². The van der Waals surface area contributed by atoms with E-state index in [0.717, 1.165) is 25.3 Å². The van der Waals surface area contributed by atoms with Gasteiger partial charge in [-0.25, -0.2) is 0 Å². The van der Waals surface area contributed by atoms with Crippen molar-refractivity contribution in [1.82, 2.24) is 5.32 Å². The van der Waals surface area contributed by atoms with Crippen LogP contribution in [0.2, 0.25) is 0 Å². The van der Waals surface area contributed by atoms with Crippen molar-refractivity contribution in [2.45, 2.75) is 19.9 Å². The minimum absolute atomic E-state index is 0.702. The van der Waals surface area contributed by atoms with Gasteiger partial charge in [0.2, 0.25) is 0 Å². The van der Waals surface area contributed by atoms with Crippen molar-refractivity contribution in [2.24, 2.45) is 0 Å². The highest BCUT2D eigenvalue weighted by Crippen LogP contribution is 2.20. The van der Waals surface area contributed by atoms with Gasteiger partial charge in [0.25, 0.3) is 0 Å². The van der Waals surface area contributed by atoms with E-state index in [2.05, 4.69) is 24.4 Å². The smallest absolute Gasteiger partial charge is 0.123 e. The molecule has 0 aliphatic rings. The van der Waals surface area contributed by atoms with Crippen molar-refractivity contribution in [3.63, 3.8) is 0 Å². The second-order valence-electron chi connectivity index (χ2n) is 3.84. The molecule has 3 heteroatoms. The molecule has 0 spiro atoms. The summed E-state index contributed by atoms with van der Waals surface area (Å²) in [5.41, 5.74) is 2.47. The summed E-state index contributed by atoms with van der Waals surface area (Å²) < 4.78 is 10.7. The lowest BCUT2D eigenvalue weighted by Crippen LogP contribution is -2.09. The molecule has 0 atom stereocenters. The van der Waals surface area contributed by atoms with E-state index in [4.69, 9.17) is 9.47 Å². The monoisotopic (exact) mass is 223 g/mol. The zero-order valence-electron chi connectivity index (χ0n) is 10.4. The SMILES string of the molecule is CNCc1cc(C)ccc1OCCCOC. The van der Waals surface area contributed by atoms with Crippen molar-refractivity contribution in [1.29, 1.82) is 0 Å². The van der Waals surface area contributed by atoms with Crippen molar-refractivity contribution in [3.05, 3.63) is 29.3 Å². The maximum Gasteiger partial charge on any atom is 0.123 e. The Hall–Kier alpha value is -1.06. The molecule has 90 valence electrons. The van der Waals surface area contributed by atoms with Crippen LogP contribution in [0, 0.1) is 6.92 Å². The van der Waals surface area contributed by atoms with Crippen molar-refractivity contribution < 1.29 is 9.47 Å². The highest BCUT2D eigenvalue weighted by molar-refractivity contribution is 5.36. The lowest BCUT2D eigenvalue weighted by molar-refractivity contribution is 0.171. The first kappa shape index (κ1) is 13.0. The molecule has 3 nitrogen and oxygen atoms in total. The van der Waals surface area contributed by atoms with Gasteiger partial charge in [0, 0.05) is 32.2 Å². The topological polar surface area (TPSA) is 30.5 Å². The molecule has 1 N–H and O–H groups in total. The van der Waals surface area contributed by atoms with Crippen LogP contribution >= 0.6 is 0 Å². The van der Waals surface area contributed by atoms with Crippen LogP contribution in [0.5, 0.6) is 5.75 Å². The van der Waals surface area contributed by atoms with Crippen LogP contribution in [-0.4, -0.2) is 27.4 Å². The van der Waals surface area contributed by atoms with Gasteiger partial charge >= 0.3 is 0 Å². The van der Waals surface area contributed by atoms with Crippen molar-refractivity contribution in [2.75, 3.05) is 27.4 Å². The van der Waals surface area contributed by atoms with E-state index >= 15 is 0 Å². The van der Waals surface area contributed by atoms with Gasteiger partial charge in [-0.15, -0.1) is 0 Å². The number of aryl methyl sites for hydroxylation is 1. The Morgan fingerprint density at radius 3 is 2.75 bits per heavy atom. The van der Waals surface area contributed by atoms with Crippen molar-refractivity contribution in [3.8, 4) is 5.75 Å². The fourth-order valence-corrected chi connectivity index (χ4v) is 1.56. The average molecular weight is 223 g/mol. The molecule has 0 fully saturated rings. The number of nitrogens with one attached hydrogen (secondary N) is 1. The number of hydrogen-bond acceptors (Lipinski definition) is 3. The molecular formula is C13H21NO2. The molecule has 0 heterocycles. The van der Waals surface area contributed by atoms with E-state index in [1.807, 2.05) is 13.1 Å². The normalized spacial score (nSPS) is 10.4. The summed E-state index contributed by atoms with van der Waals surface area (Å²) in [5.74, 6) is 0.969. The van der Waals surface area contributed by atoms with Gasteiger partial charge in [0.05, 0.1) is 6.61 Å². The van der Waals surface area contributed by atoms with E-state index in [1.54, 1.807) is 7.11 Å². The Labute approximate surface area is 97.8 Å². The molecule has 0 saturated heterocycles. The van der Waals surface area contributed by atoms with Gasteiger partial charge < -0.3 is 14.8 Å². The third kappa shape index (κ3) is 4.21. The first-order valence-corrected chi connectivity index (χ1v) is 5.63. The fraction of sp³-hybridized carbons (Fsp3) is 0.538. The molecule has 1 aromatic rings. The summed E-state index contributed by atoms with van der Waals surface area (Å²) >= 11 is 0. The highest BCUT2D eigenvalue weighted by atomic mass is 16.5. The summed E-state index contributed by atoms with van der Waals surface area (Å²) in [4.78, 5) is 0. The maximum atomic E-state index is 5.73. The van der Waals surface area contributed by atoms with Crippen LogP contribution in [0.4, 0.5) is 0 Å². The first-order chi connectivity index (χ1) is 7.77. The Bertz CT molecular complexity index is 313. The molecule has 0 unspecified atom stereocenters. The maximum absolute atomic E-state index is 5.73. The third-order valence-corrected chi connectivity index (χ3v) is 2.33. The molecule has 0 aliphatic heterocycles.